The molecular formula is C20H20N4O3S2. The molecule has 0 atom stereocenters. The Hall–Kier alpha value is -3.01. The van der Waals surface area contributed by atoms with Gasteiger partial charge in [0.05, 0.1) is 17.7 Å². The molecule has 3 rings (SSSR count). The van der Waals surface area contributed by atoms with Crippen LogP contribution in [0.25, 0.3) is 0 Å². The third-order valence-electron chi connectivity index (χ3n) is 3.84. The standard InChI is InChI=1S/C20H20N4O3S2/c1-15-7-11-19(12-8-15)29(25,26)22-14-18-10-9-17(27-18)13-21-24-20(28)23-16-5-3-2-4-6-16/h2-13,22H,14H2,1H3,(H2,23,24,28)/b21-13-. The van der Waals surface area contributed by atoms with Gasteiger partial charge in [-0.25, -0.2) is 13.1 Å². The summed E-state index contributed by atoms with van der Waals surface area (Å²) in [5, 5.41) is 7.33. The van der Waals surface area contributed by atoms with Gasteiger partial charge in [0, 0.05) is 5.69 Å². The third-order valence-corrected chi connectivity index (χ3v) is 5.45. The molecular weight excluding hydrogens is 408 g/mol. The molecule has 0 aliphatic rings. The zero-order valence-electron chi connectivity index (χ0n) is 15.6. The van der Waals surface area contributed by atoms with Gasteiger partial charge < -0.3 is 9.73 Å². The van der Waals surface area contributed by atoms with Crippen molar-refractivity contribution in [1.82, 2.24) is 10.1 Å². The van der Waals surface area contributed by atoms with E-state index in [1.165, 1.54) is 6.21 Å². The van der Waals surface area contributed by atoms with Gasteiger partial charge in [-0.2, -0.15) is 5.10 Å². The average molecular weight is 429 g/mol. The van der Waals surface area contributed by atoms with Crippen molar-refractivity contribution in [2.45, 2.75) is 18.4 Å². The van der Waals surface area contributed by atoms with Crippen LogP contribution in [0.1, 0.15) is 17.1 Å². The van der Waals surface area contributed by atoms with E-state index in [4.69, 9.17) is 16.6 Å². The van der Waals surface area contributed by atoms with Crippen molar-refractivity contribution in [3.63, 3.8) is 0 Å². The molecule has 0 aliphatic heterocycles. The molecule has 0 amide bonds. The molecule has 0 fully saturated rings. The lowest BCUT2D eigenvalue weighted by Gasteiger charge is -2.06. The van der Waals surface area contributed by atoms with Crippen LogP contribution in [0, 0.1) is 6.92 Å². The van der Waals surface area contributed by atoms with Gasteiger partial charge in [0.25, 0.3) is 0 Å². The van der Waals surface area contributed by atoms with Crippen LogP contribution in [-0.4, -0.2) is 19.7 Å². The van der Waals surface area contributed by atoms with Gasteiger partial charge >= 0.3 is 0 Å². The number of para-hydroxylation sites is 1. The molecule has 0 radical (unpaired) electrons. The highest BCUT2D eigenvalue weighted by atomic mass is 32.2. The van der Waals surface area contributed by atoms with E-state index in [1.54, 1.807) is 36.4 Å². The minimum atomic E-state index is -3.61. The predicted octanol–water partition coefficient (Wildman–Crippen LogP) is 3.39. The Morgan fingerprint density at radius 2 is 1.79 bits per heavy atom. The van der Waals surface area contributed by atoms with E-state index >= 15 is 0 Å². The van der Waals surface area contributed by atoms with Gasteiger partial charge in [-0.1, -0.05) is 35.9 Å². The fraction of sp³-hybridized carbons (Fsp3) is 0.100. The van der Waals surface area contributed by atoms with Crippen LogP contribution in [0.3, 0.4) is 0 Å². The van der Waals surface area contributed by atoms with Crippen LogP contribution < -0.4 is 15.5 Å². The number of hydrazone groups is 1. The van der Waals surface area contributed by atoms with E-state index in [0.29, 0.717) is 16.6 Å². The first-order chi connectivity index (χ1) is 13.9. The summed E-state index contributed by atoms with van der Waals surface area (Å²) in [4.78, 5) is 0.208. The number of rotatable bonds is 7. The Morgan fingerprint density at radius 3 is 2.52 bits per heavy atom. The zero-order chi connectivity index (χ0) is 20.7. The summed E-state index contributed by atoms with van der Waals surface area (Å²) in [7, 11) is -3.61. The van der Waals surface area contributed by atoms with Crippen molar-refractivity contribution in [3.05, 3.63) is 83.8 Å². The second kappa shape index (κ2) is 9.46. The topological polar surface area (TPSA) is 95.7 Å². The summed E-state index contributed by atoms with van der Waals surface area (Å²) in [5.74, 6) is 0.927. The van der Waals surface area contributed by atoms with Crippen molar-refractivity contribution in [1.29, 1.82) is 0 Å². The van der Waals surface area contributed by atoms with Crippen molar-refractivity contribution in [2.24, 2.45) is 5.10 Å². The first kappa shape index (κ1) is 20.7. The van der Waals surface area contributed by atoms with E-state index in [9.17, 15) is 8.42 Å². The summed E-state index contributed by atoms with van der Waals surface area (Å²) in [6.07, 6.45) is 1.46. The highest BCUT2D eigenvalue weighted by molar-refractivity contribution is 7.89. The SMILES string of the molecule is Cc1ccc(S(=O)(=O)NCc2ccc(/C=N\NC(=S)Nc3ccccc3)o2)cc1. The molecule has 7 nitrogen and oxygen atoms in total. The Morgan fingerprint density at radius 1 is 1.07 bits per heavy atom. The molecule has 29 heavy (non-hydrogen) atoms. The van der Waals surface area contributed by atoms with Crippen LogP contribution in [0.2, 0.25) is 0 Å². The third kappa shape index (κ3) is 6.24. The molecule has 0 unspecified atom stereocenters. The number of nitrogens with zero attached hydrogens (tertiary/aromatic N) is 1. The normalized spacial score (nSPS) is 11.5. The summed E-state index contributed by atoms with van der Waals surface area (Å²) < 4.78 is 32.7. The maximum atomic E-state index is 12.3. The lowest BCUT2D eigenvalue weighted by Crippen LogP contribution is -2.23. The summed E-state index contributed by atoms with van der Waals surface area (Å²) >= 11 is 5.15. The lowest BCUT2D eigenvalue weighted by atomic mass is 10.2. The van der Waals surface area contributed by atoms with E-state index in [2.05, 4.69) is 20.6 Å². The smallest absolute Gasteiger partial charge is 0.240 e. The molecule has 9 heteroatoms. The van der Waals surface area contributed by atoms with Gasteiger partial charge in [-0.15, -0.1) is 0 Å². The number of hydrogen-bond donors (Lipinski definition) is 3. The molecule has 2 aromatic carbocycles. The van der Waals surface area contributed by atoms with Gasteiger partial charge in [0.15, 0.2) is 5.11 Å². The van der Waals surface area contributed by atoms with E-state index in [-0.39, 0.29) is 11.4 Å². The minimum Gasteiger partial charge on any atom is -0.459 e. The van der Waals surface area contributed by atoms with E-state index < -0.39 is 10.0 Å². The Labute approximate surface area is 174 Å². The highest BCUT2D eigenvalue weighted by Gasteiger charge is 2.14. The fourth-order valence-electron chi connectivity index (χ4n) is 2.36. The Balaban J connectivity index is 1.50. The number of nitrogens with one attached hydrogen (secondary N) is 3. The van der Waals surface area contributed by atoms with E-state index in [0.717, 1.165) is 11.3 Å². The Kier molecular flexibility index (Phi) is 6.76. The van der Waals surface area contributed by atoms with Crippen LogP contribution in [0.5, 0.6) is 0 Å². The number of aryl methyl sites for hydroxylation is 1. The molecule has 3 aromatic rings. The number of benzene rings is 2. The maximum absolute atomic E-state index is 12.3. The molecule has 0 bridgehead atoms. The van der Waals surface area contributed by atoms with Gasteiger partial charge in [0.1, 0.15) is 11.5 Å². The second-order valence-electron chi connectivity index (χ2n) is 6.13. The number of furan rings is 1. The van der Waals surface area contributed by atoms with Crippen LogP contribution in [-0.2, 0) is 16.6 Å². The molecule has 0 saturated heterocycles. The largest absolute Gasteiger partial charge is 0.459 e. The molecule has 0 saturated carbocycles. The van der Waals surface area contributed by atoms with Crippen LogP contribution >= 0.6 is 12.2 Å². The average Bonchev–Trinajstić information content (AvgIpc) is 3.15. The zero-order valence-corrected chi connectivity index (χ0v) is 17.3. The number of hydrogen-bond acceptors (Lipinski definition) is 5. The van der Waals surface area contributed by atoms with Crippen LogP contribution in [0.4, 0.5) is 5.69 Å². The molecule has 0 aliphatic carbocycles. The number of sulfonamides is 1. The van der Waals surface area contributed by atoms with Crippen LogP contribution in [0.15, 0.2) is 81.1 Å². The van der Waals surface area contributed by atoms with Gasteiger partial charge in [-0.05, 0) is 55.5 Å². The molecule has 1 aromatic heterocycles. The van der Waals surface area contributed by atoms with Crippen molar-refractivity contribution in [2.75, 3.05) is 5.32 Å². The number of thiocarbonyl (C=S) groups is 1. The van der Waals surface area contributed by atoms with Crippen molar-refractivity contribution < 1.29 is 12.8 Å². The maximum Gasteiger partial charge on any atom is 0.240 e. The molecule has 1 heterocycles. The fourth-order valence-corrected chi connectivity index (χ4v) is 3.52. The second-order valence-corrected chi connectivity index (χ2v) is 8.31. The quantitative estimate of drug-likeness (QED) is 0.303. The number of anilines is 1. The lowest BCUT2D eigenvalue weighted by molar-refractivity contribution is 0.493. The highest BCUT2D eigenvalue weighted by Crippen LogP contribution is 2.12. The monoisotopic (exact) mass is 428 g/mol. The summed E-state index contributed by atoms with van der Waals surface area (Å²) in [6.45, 7) is 1.93. The molecule has 3 N–H and O–H groups in total. The van der Waals surface area contributed by atoms with Gasteiger partial charge in [0.2, 0.25) is 10.0 Å². The van der Waals surface area contributed by atoms with Gasteiger partial charge in [-0.3, -0.25) is 5.43 Å². The Bertz CT molecular complexity index is 1090. The summed E-state index contributed by atoms with van der Waals surface area (Å²) in [6, 6.07) is 19.5. The first-order valence-corrected chi connectivity index (χ1v) is 10.6. The summed E-state index contributed by atoms with van der Waals surface area (Å²) in [5.41, 5.74) is 4.53. The van der Waals surface area contributed by atoms with E-state index in [1.807, 2.05) is 37.3 Å². The predicted molar refractivity (Wildman–Crippen MR) is 117 cm³/mol. The van der Waals surface area contributed by atoms with Crippen molar-refractivity contribution in [3.8, 4) is 0 Å². The minimum absolute atomic E-state index is 0.0332. The molecule has 150 valence electrons. The first-order valence-electron chi connectivity index (χ1n) is 8.72. The van der Waals surface area contributed by atoms with Crippen molar-refractivity contribution >= 4 is 39.3 Å². The molecule has 0 spiro atoms.